The highest BCUT2D eigenvalue weighted by Gasteiger charge is 2.22. The van der Waals surface area contributed by atoms with Gasteiger partial charge in [-0.2, -0.15) is 0 Å². The molecule has 1 aliphatic heterocycles. The normalized spacial score (nSPS) is 17.2. The highest BCUT2D eigenvalue weighted by atomic mass is 32.1. The van der Waals surface area contributed by atoms with Crippen LogP contribution in [-0.2, 0) is 16.1 Å². The number of fused-ring (bicyclic) bond motifs is 1. The van der Waals surface area contributed by atoms with Gasteiger partial charge in [0.15, 0.2) is 0 Å². The molecule has 9 nitrogen and oxygen atoms in total. The third kappa shape index (κ3) is 3.87. The molecule has 0 saturated carbocycles. The lowest BCUT2D eigenvalue weighted by Gasteiger charge is -2.15. The second-order valence-electron chi connectivity index (χ2n) is 6.25. The summed E-state index contributed by atoms with van der Waals surface area (Å²) in [7, 11) is 1.88. The van der Waals surface area contributed by atoms with Crippen molar-refractivity contribution >= 4 is 33.4 Å². The van der Waals surface area contributed by atoms with E-state index in [-0.39, 0.29) is 18.6 Å². The number of aromatic nitrogens is 4. The molecule has 1 unspecified atom stereocenters. The molecular weight excluding hydrogens is 356 g/mol. The van der Waals surface area contributed by atoms with Crippen molar-refractivity contribution in [3.63, 3.8) is 0 Å². The number of benzene rings is 1. The molecule has 0 bridgehead atoms. The van der Waals surface area contributed by atoms with Crippen molar-refractivity contribution in [2.45, 2.75) is 25.5 Å². The Bertz CT molecular complexity index is 904. The maximum Gasteiger partial charge on any atom is 0.240 e. The number of carbonyl (C=O) groups excluding carboxylic acids is 1. The van der Waals surface area contributed by atoms with Gasteiger partial charge >= 0.3 is 0 Å². The van der Waals surface area contributed by atoms with Crippen molar-refractivity contribution in [1.29, 1.82) is 0 Å². The largest absolute Gasteiger partial charge is 0.371 e. The summed E-state index contributed by atoms with van der Waals surface area (Å²) in [6.07, 6.45) is 2.01. The lowest BCUT2D eigenvalue weighted by molar-refractivity contribution is -0.117. The van der Waals surface area contributed by atoms with E-state index in [1.807, 2.05) is 30.1 Å². The first kappa shape index (κ1) is 17.0. The Hall–Kier alpha value is -2.43. The first-order chi connectivity index (χ1) is 12.7. The smallest absolute Gasteiger partial charge is 0.240 e. The van der Waals surface area contributed by atoms with Gasteiger partial charge in [-0.3, -0.25) is 15.0 Å². The van der Waals surface area contributed by atoms with Crippen LogP contribution in [0.25, 0.3) is 11.0 Å². The van der Waals surface area contributed by atoms with Crippen molar-refractivity contribution in [3.05, 3.63) is 28.8 Å². The van der Waals surface area contributed by atoms with Crippen LogP contribution in [0.15, 0.2) is 22.8 Å². The van der Waals surface area contributed by atoms with Crippen LogP contribution in [-0.4, -0.2) is 51.5 Å². The fourth-order valence-corrected chi connectivity index (χ4v) is 3.73. The first-order valence-electron chi connectivity index (χ1n) is 8.32. The molecule has 1 aromatic carbocycles. The topological polar surface area (TPSA) is 106 Å². The zero-order valence-corrected chi connectivity index (χ0v) is 15.0. The number of anilines is 1. The molecule has 3 heterocycles. The average Bonchev–Trinajstić information content (AvgIpc) is 3.35. The summed E-state index contributed by atoms with van der Waals surface area (Å²) in [6.45, 7) is 1.60. The molecular formula is C16H18N6O3S. The zero-order chi connectivity index (χ0) is 17.9. The van der Waals surface area contributed by atoms with Crippen LogP contribution >= 0.6 is 11.3 Å². The number of nitrogens with one attached hydrogen (secondary N) is 1. The SMILES string of the molecule is CN(CC(=O)Nc1nnc(C2CCCO2)s1)Cc1ccc2nonc2c1. The van der Waals surface area contributed by atoms with E-state index in [0.29, 0.717) is 22.7 Å². The molecule has 3 aromatic rings. The second kappa shape index (κ2) is 7.44. The third-order valence-electron chi connectivity index (χ3n) is 4.08. The molecule has 1 atom stereocenters. The summed E-state index contributed by atoms with van der Waals surface area (Å²) in [6, 6.07) is 5.70. The standard InChI is InChI=1S/C16H18N6O3S/c1-22(8-10-4-5-11-12(7-10)21-25-20-11)9-14(23)17-16-19-18-15(26-16)13-3-2-6-24-13/h4-5,7,13H,2-3,6,8-9H2,1H3,(H,17,19,23). The number of hydrogen-bond donors (Lipinski definition) is 1. The molecule has 26 heavy (non-hydrogen) atoms. The Balaban J connectivity index is 1.31. The molecule has 0 aliphatic carbocycles. The lowest BCUT2D eigenvalue weighted by atomic mass is 10.2. The molecule has 0 spiro atoms. The quantitative estimate of drug-likeness (QED) is 0.698. The van der Waals surface area contributed by atoms with Gasteiger partial charge in [0.2, 0.25) is 11.0 Å². The number of rotatable bonds is 6. The van der Waals surface area contributed by atoms with Crippen LogP contribution in [0.1, 0.15) is 29.5 Å². The molecule has 1 amide bonds. The second-order valence-corrected chi connectivity index (χ2v) is 7.26. The van der Waals surface area contributed by atoms with E-state index in [4.69, 9.17) is 9.37 Å². The van der Waals surface area contributed by atoms with Crippen LogP contribution < -0.4 is 5.32 Å². The highest BCUT2D eigenvalue weighted by molar-refractivity contribution is 7.15. The van der Waals surface area contributed by atoms with Crippen molar-refractivity contribution in [1.82, 2.24) is 25.4 Å². The molecule has 10 heteroatoms. The Morgan fingerprint density at radius 2 is 2.23 bits per heavy atom. The predicted octanol–water partition coefficient (Wildman–Crippen LogP) is 2.00. The van der Waals surface area contributed by atoms with Gasteiger partial charge in [-0.1, -0.05) is 17.4 Å². The number of nitrogens with zero attached hydrogens (tertiary/aromatic N) is 5. The first-order valence-corrected chi connectivity index (χ1v) is 9.13. The van der Waals surface area contributed by atoms with Crippen molar-refractivity contribution < 1.29 is 14.2 Å². The predicted molar refractivity (Wildman–Crippen MR) is 94.6 cm³/mol. The fraction of sp³-hybridized carbons (Fsp3) is 0.438. The van der Waals surface area contributed by atoms with E-state index in [1.165, 1.54) is 11.3 Å². The summed E-state index contributed by atoms with van der Waals surface area (Å²) in [4.78, 5) is 14.1. The summed E-state index contributed by atoms with van der Waals surface area (Å²) >= 11 is 1.37. The van der Waals surface area contributed by atoms with Gasteiger partial charge < -0.3 is 4.74 Å². The van der Waals surface area contributed by atoms with E-state index >= 15 is 0 Å². The number of hydrogen-bond acceptors (Lipinski definition) is 9. The van der Waals surface area contributed by atoms with E-state index < -0.39 is 0 Å². The van der Waals surface area contributed by atoms with Crippen molar-refractivity contribution in [3.8, 4) is 0 Å². The molecule has 2 aromatic heterocycles. The van der Waals surface area contributed by atoms with Crippen LogP contribution in [0.4, 0.5) is 5.13 Å². The van der Waals surface area contributed by atoms with Crippen molar-refractivity contribution in [2.75, 3.05) is 25.5 Å². The molecule has 136 valence electrons. The maximum atomic E-state index is 12.2. The van der Waals surface area contributed by atoms with Gasteiger partial charge in [-0.25, -0.2) is 4.63 Å². The van der Waals surface area contributed by atoms with Crippen LogP contribution in [0, 0.1) is 0 Å². The zero-order valence-electron chi connectivity index (χ0n) is 14.2. The number of ether oxygens (including phenoxy) is 1. The lowest BCUT2D eigenvalue weighted by Crippen LogP contribution is -2.29. The van der Waals surface area contributed by atoms with E-state index in [9.17, 15) is 4.79 Å². The average molecular weight is 374 g/mol. The van der Waals surface area contributed by atoms with Crippen molar-refractivity contribution in [2.24, 2.45) is 0 Å². The van der Waals surface area contributed by atoms with Crippen LogP contribution in [0.3, 0.4) is 0 Å². The monoisotopic (exact) mass is 374 g/mol. The molecule has 0 radical (unpaired) electrons. The van der Waals surface area contributed by atoms with Gasteiger partial charge in [-0.05, 0) is 47.9 Å². The van der Waals surface area contributed by atoms with Gasteiger partial charge in [0, 0.05) is 13.2 Å². The minimum absolute atomic E-state index is 0.0155. The molecule has 1 aliphatic rings. The van der Waals surface area contributed by atoms with Gasteiger partial charge in [0.25, 0.3) is 0 Å². The summed E-state index contributed by atoms with van der Waals surface area (Å²) in [5.74, 6) is -0.133. The van der Waals surface area contributed by atoms with Gasteiger partial charge in [-0.15, -0.1) is 10.2 Å². The Kier molecular flexibility index (Phi) is 4.87. The van der Waals surface area contributed by atoms with Crippen LogP contribution in [0.5, 0.6) is 0 Å². The summed E-state index contributed by atoms with van der Waals surface area (Å²) in [5, 5.41) is 19.9. The van der Waals surface area contributed by atoms with E-state index in [0.717, 1.165) is 30.0 Å². The molecule has 1 saturated heterocycles. The Labute approximate surface area is 153 Å². The number of carbonyl (C=O) groups is 1. The van der Waals surface area contributed by atoms with Crippen LogP contribution in [0.2, 0.25) is 0 Å². The minimum atomic E-state index is -0.133. The third-order valence-corrected chi connectivity index (χ3v) is 5.01. The Morgan fingerprint density at radius 3 is 3.08 bits per heavy atom. The fourth-order valence-electron chi connectivity index (χ4n) is 2.89. The van der Waals surface area contributed by atoms with E-state index in [2.05, 4.69) is 25.8 Å². The highest BCUT2D eigenvalue weighted by Crippen LogP contribution is 2.31. The molecule has 1 N–H and O–H groups in total. The summed E-state index contributed by atoms with van der Waals surface area (Å²) < 4.78 is 10.3. The van der Waals surface area contributed by atoms with E-state index in [1.54, 1.807) is 0 Å². The number of amides is 1. The maximum absolute atomic E-state index is 12.2. The number of likely N-dealkylation sites (N-methyl/N-ethyl adjacent to an activating group) is 1. The minimum Gasteiger partial charge on any atom is -0.371 e. The Morgan fingerprint density at radius 1 is 1.35 bits per heavy atom. The summed E-state index contributed by atoms with van der Waals surface area (Å²) in [5.41, 5.74) is 2.45. The van der Waals surface area contributed by atoms with Gasteiger partial charge in [0.05, 0.1) is 6.54 Å². The van der Waals surface area contributed by atoms with Gasteiger partial charge in [0.1, 0.15) is 22.1 Å². The molecule has 1 fully saturated rings. The molecule has 4 rings (SSSR count).